The summed E-state index contributed by atoms with van der Waals surface area (Å²) in [7, 11) is 0. The van der Waals surface area contributed by atoms with Crippen molar-refractivity contribution in [2.45, 2.75) is 26.1 Å². The summed E-state index contributed by atoms with van der Waals surface area (Å²) in [5.74, 6) is 0.731. The van der Waals surface area contributed by atoms with Gasteiger partial charge in [0.2, 0.25) is 0 Å². The van der Waals surface area contributed by atoms with Crippen LogP contribution in [0.5, 0.6) is 5.75 Å². The number of hydrogen-bond acceptors (Lipinski definition) is 4. The van der Waals surface area contributed by atoms with E-state index in [4.69, 9.17) is 10.00 Å². The van der Waals surface area contributed by atoms with Gasteiger partial charge in [-0.1, -0.05) is 24.3 Å². The van der Waals surface area contributed by atoms with Crippen LogP contribution < -0.4 is 4.74 Å². The number of para-hydroxylation sites is 1. The maximum absolute atomic E-state index is 12.9. The first-order valence-corrected chi connectivity index (χ1v) is 9.18. The van der Waals surface area contributed by atoms with Gasteiger partial charge < -0.3 is 9.64 Å². The number of nitriles is 1. The van der Waals surface area contributed by atoms with Gasteiger partial charge in [0.15, 0.2) is 0 Å². The van der Waals surface area contributed by atoms with Crippen LogP contribution in [0.3, 0.4) is 0 Å². The number of amides is 1. The van der Waals surface area contributed by atoms with E-state index in [0.717, 1.165) is 17.1 Å². The van der Waals surface area contributed by atoms with E-state index < -0.39 is 0 Å². The Bertz CT molecular complexity index is 1040. The molecule has 1 aliphatic heterocycles. The number of hydrogen-bond donors (Lipinski definition) is 0. The van der Waals surface area contributed by atoms with Crippen molar-refractivity contribution in [3.05, 3.63) is 83.2 Å². The van der Waals surface area contributed by atoms with Gasteiger partial charge in [-0.05, 0) is 43.3 Å². The maximum Gasteiger partial charge on any atom is 0.254 e. The molecule has 0 fully saturated rings. The molecule has 1 unspecified atom stereocenters. The topological polar surface area (TPSA) is 71.2 Å². The molecule has 0 saturated heterocycles. The largest absolute Gasteiger partial charge is 0.487 e. The van der Waals surface area contributed by atoms with E-state index in [1.165, 1.54) is 0 Å². The molecular weight excluding hydrogens is 352 g/mol. The first kappa shape index (κ1) is 17.8. The van der Waals surface area contributed by atoms with Gasteiger partial charge in [0, 0.05) is 12.1 Å². The van der Waals surface area contributed by atoms with Crippen molar-refractivity contribution in [3.8, 4) is 11.8 Å². The van der Waals surface area contributed by atoms with Gasteiger partial charge in [0.25, 0.3) is 5.91 Å². The van der Waals surface area contributed by atoms with Gasteiger partial charge in [0.1, 0.15) is 18.1 Å². The number of carbonyl (C=O) groups excluding carboxylic acids is 1. The van der Waals surface area contributed by atoms with E-state index in [9.17, 15) is 4.79 Å². The second-order valence-corrected chi connectivity index (χ2v) is 6.90. The molecule has 0 bridgehead atoms. The number of carbonyl (C=O) groups is 1. The second-order valence-electron chi connectivity index (χ2n) is 6.90. The van der Waals surface area contributed by atoms with E-state index in [1.54, 1.807) is 29.2 Å². The third-order valence-electron chi connectivity index (χ3n) is 4.77. The molecule has 3 aromatic rings. The smallest absolute Gasteiger partial charge is 0.254 e. The third kappa shape index (κ3) is 3.60. The molecule has 6 nitrogen and oxygen atoms in total. The molecule has 0 N–H and O–H groups in total. The van der Waals surface area contributed by atoms with Crippen molar-refractivity contribution < 1.29 is 9.53 Å². The minimum absolute atomic E-state index is 0.0670. The Kier molecular flexibility index (Phi) is 4.81. The van der Waals surface area contributed by atoms with Crippen molar-refractivity contribution in [1.29, 1.82) is 5.26 Å². The molecule has 0 radical (unpaired) electrons. The molecule has 1 aliphatic rings. The van der Waals surface area contributed by atoms with Gasteiger partial charge in [0.05, 0.1) is 29.9 Å². The Balaban J connectivity index is 1.49. The van der Waals surface area contributed by atoms with Crippen LogP contribution in [-0.4, -0.2) is 27.1 Å². The summed E-state index contributed by atoms with van der Waals surface area (Å²) in [5, 5.41) is 13.7. The minimum Gasteiger partial charge on any atom is -0.487 e. The summed E-state index contributed by atoms with van der Waals surface area (Å²) in [4.78, 5) is 14.7. The number of nitrogens with zero attached hydrogens (tertiary/aromatic N) is 4. The molecule has 0 aliphatic carbocycles. The third-order valence-corrected chi connectivity index (χ3v) is 4.77. The minimum atomic E-state index is -0.0708. The van der Waals surface area contributed by atoms with E-state index in [1.807, 2.05) is 48.0 Å². The molecule has 6 heteroatoms. The summed E-state index contributed by atoms with van der Waals surface area (Å²) in [6.07, 6.45) is 0. The lowest BCUT2D eigenvalue weighted by Crippen LogP contribution is -2.40. The Morgan fingerprint density at radius 1 is 1.21 bits per heavy atom. The number of aromatic nitrogens is 2. The number of rotatable bonds is 4. The summed E-state index contributed by atoms with van der Waals surface area (Å²) in [5.41, 5.74) is 2.84. The van der Waals surface area contributed by atoms with Gasteiger partial charge in [-0.3, -0.25) is 9.48 Å². The zero-order valence-electron chi connectivity index (χ0n) is 15.6. The predicted octanol–water partition coefficient (Wildman–Crippen LogP) is 3.55. The Hall–Kier alpha value is -3.59. The van der Waals surface area contributed by atoms with E-state index in [0.29, 0.717) is 30.8 Å². The normalized spacial score (nSPS) is 15.6. The van der Waals surface area contributed by atoms with E-state index in [2.05, 4.69) is 11.2 Å². The first-order valence-electron chi connectivity index (χ1n) is 9.18. The zero-order chi connectivity index (χ0) is 19.5. The van der Waals surface area contributed by atoms with Gasteiger partial charge in [-0.2, -0.15) is 10.4 Å². The molecule has 0 saturated carbocycles. The molecule has 0 spiro atoms. The number of benzene rings is 2. The molecule has 1 atom stereocenters. The van der Waals surface area contributed by atoms with Crippen molar-refractivity contribution in [3.63, 3.8) is 0 Å². The van der Waals surface area contributed by atoms with Crippen LogP contribution in [0.4, 0.5) is 0 Å². The van der Waals surface area contributed by atoms with Crippen molar-refractivity contribution >= 4 is 5.91 Å². The average Bonchev–Trinajstić information content (AvgIpc) is 3.16. The lowest BCUT2D eigenvalue weighted by molar-refractivity contribution is 0.0677. The highest BCUT2D eigenvalue weighted by Crippen LogP contribution is 2.24. The van der Waals surface area contributed by atoms with E-state index in [-0.39, 0.29) is 11.9 Å². The molecule has 2 heterocycles. The standard InChI is InChI=1S/C22H20N4O2/c1-16-13-25(22(27)18-7-5-6-17(10-18)12-23)14-20-11-19(24-26(16)20)15-28-21-8-3-2-4-9-21/h2-11,16H,13-15H2,1H3. The van der Waals surface area contributed by atoms with Crippen molar-refractivity contribution in [1.82, 2.24) is 14.7 Å². The van der Waals surface area contributed by atoms with Crippen LogP contribution in [0.25, 0.3) is 0 Å². The SMILES string of the molecule is CC1CN(C(=O)c2cccc(C#N)c2)Cc2cc(COc3ccccc3)nn21. The van der Waals surface area contributed by atoms with Crippen LogP contribution in [-0.2, 0) is 13.2 Å². The number of fused-ring (bicyclic) bond motifs is 1. The highest BCUT2D eigenvalue weighted by atomic mass is 16.5. The average molecular weight is 372 g/mol. The van der Waals surface area contributed by atoms with Crippen LogP contribution in [0, 0.1) is 11.3 Å². The molecular formula is C22H20N4O2. The predicted molar refractivity (Wildman–Crippen MR) is 104 cm³/mol. The van der Waals surface area contributed by atoms with Crippen LogP contribution in [0.15, 0.2) is 60.7 Å². The zero-order valence-corrected chi connectivity index (χ0v) is 15.6. The van der Waals surface area contributed by atoms with Gasteiger partial charge >= 0.3 is 0 Å². The summed E-state index contributed by atoms with van der Waals surface area (Å²) >= 11 is 0. The highest BCUT2D eigenvalue weighted by molar-refractivity contribution is 5.94. The monoisotopic (exact) mass is 372 g/mol. The second kappa shape index (κ2) is 7.57. The van der Waals surface area contributed by atoms with Gasteiger partial charge in [-0.25, -0.2) is 0 Å². The number of ether oxygens (including phenoxy) is 1. The lowest BCUT2D eigenvalue weighted by Gasteiger charge is -2.32. The molecule has 1 amide bonds. The first-order chi connectivity index (χ1) is 13.6. The lowest BCUT2D eigenvalue weighted by atomic mass is 10.1. The molecule has 140 valence electrons. The van der Waals surface area contributed by atoms with Crippen molar-refractivity contribution in [2.24, 2.45) is 0 Å². The summed E-state index contributed by atoms with van der Waals surface area (Å²) < 4.78 is 7.76. The Labute approximate surface area is 163 Å². The van der Waals surface area contributed by atoms with Crippen LogP contribution >= 0.6 is 0 Å². The van der Waals surface area contributed by atoms with Crippen LogP contribution in [0.2, 0.25) is 0 Å². The fraction of sp³-hybridized carbons (Fsp3) is 0.227. The molecule has 2 aromatic carbocycles. The Morgan fingerprint density at radius 3 is 2.82 bits per heavy atom. The molecule has 4 rings (SSSR count). The van der Waals surface area contributed by atoms with Crippen LogP contribution in [0.1, 0.15) is 40.3 Å². The fourth-order valence-corrected chi connectivity index (χ4v) is 3.45. The summed E-state index contributed by atoms with van der Waals surface area (Å²) in [6, 6.07) is 20.6. The Morgan fingerprint density at radius 2 is 2.04 bits per heavy atom. The fourth-order valence-electron chi connectivity index (χ4n) is 3.45. The quantitative estimate of drug-likeness (QED) is 0.702. The summed E-state index contributed by atoms with van der Waals surface area (Å²) in [6.45, 7) is 3.49. The van der Waals surface area contributed by atoms with Gasteiger partial charge in [-0.15, -0.1) is 0 Å². The van der Waals surface area contributed by atoms with E-state index >= 15 is 0 Å². The molecule has 1 aromatic heterocycles. The highest BCUT2D eigenvalue weighted by Gasteiger charge is 2.27. The molecule has 28 heavy (non-hydrogen) atoms. The van der Waals surface area contributed by atoms with Crippen molar-refractivity contribution in [2.75, 3.05) is 6.54 Å². The maximum atomic E-state index is 12.9.